The molecule has 3 rings (SSSR count). The number of nitrogens with one attached hydrogen (secondary N) is 1. The van der Waals surface area contributed by atoms with Gasteiger partial charge in [0.2, 0.25) is 0 Å². The maximum atomic E-state index is 11.5. The van der Waals surface area contributed by atoms with Crippen LogP contribution in [0.3, 0.4) is 0 Å². The van der Waals surface area contributed by atoms with E-state index in [9.17, 15) is 4.79 Å². The van der Waals surface area contributed by atoms with Gasteiger partial charge in [-0.2, -0.15) is 5.26 Å². The van der Waals surface area contributed by atoms with E-state index in [1.165, 1.54) is 0 Å². The molecule has 0 atom stereocenters. The Hall–Kier alpha value is -3.13. The van der Waals surface area contributed by atoms with Crippen molar-refractivity contribution < 1.29 is 4.79 Å². The molecule has 0 aliphatic rings. The standard InChI is InChI=1S/C16H12N4O/c1-18-16(21)13-4-2-12(3-5-13)14-10-20-7-6-11(9-17)8-15(20)19-14/h2-8,10H,1H3,(H,18,21). The van der Waals surface area contributed by atoms with Crippen LogP contribution in [0.2, 0.25) is 0 Å². The molecule has 0 aliphatic heterocycles. The molecule has 0 fully saturated rings. The van der Waals surface area contributed by atoms with Crippen molar-refractivity contribution in [3.05, 3.63) is 59.9 Å². The third-order valence-electron chi connectivity index (χ3n) is 3.26. The topological polar surface area (TPSA) is 70.2 Å². The minimum atomic E-state index is -0.116. The Balaban J connectivity index is 2.00. The van der Waals surface area contributed by atoms with Crippen molar-refractivity contribution >= 4 is 11.6 Å². The molecule has 5 nitrogen and oxygen atoms in total. The largest absolute Gasteiger partial charge is 0.355 e. The van der Waals surface area contributed by atoms with Crippen molar-refractivity contribution in [3.63, 3.8) is 0 Å². The van der Waals surface area contributed by atoms with Crippen LogP contribution >= 0.6 is 0 Å². The summed E-state index contributed by atoms with van der Waals surface area (Å²) in [5, 5.41) is 11.5. The lowest BCUT2D eigenvalue weighted by molar-refractivity contribution is 0.0963. The number of nitriles is 1. The molecular weight excluding hydrogens is 264 g/mol. The molecule has 1 aromatic carbocycles. The van der Waals surface area contributed by atoms with E-state index in [1.54, 1.807) is 31.3 Å². The summed E-state index contributed by atoms with van der Waals surface area (Å²) in [6, 6.07) is 12.8. The van der Waals surface area contributed by atoms with E-state index in [-0.39, 0.29) is 5.91 Å². The lowest BCUT2D eigenvalue weighted by atomic mass is 10.1. The second kappa shape index (κ2) is 5.10. The molecule has 0 aliphatic carbocycles. The van der Waals surface area contributed by atoms with Crippen LogP contribution in [0.15, 0.2) is 48.8 Å². The zero-order chi connectivity index (χ0) is 14.8. The summed E-state index contributed by atoms with van der Waals surface area (Å²) in [4.78, 5) is 16.0. The van der Waals surface area contributed by atoms with Gasteiger partial charge in [0.05, 0.1) is 17.3 Å². The minimum Gasteiger partial charge on any atom is -0.355 e. The Bertz CT molecular complexity index is 856. The molecule has 0 unspecified atom stereocenters. The summed E-state index contributed by atoms with van der Waals surface area (Å²) in [7, 11) is 1.60. The van der Waals surface area contributed by atoms with E-state index in [2.05, 4.69) is 16.4 Å². The Labute approximate surface area is 121 Å². The molecule has 0 radical (unpaired) electrons. The third kappa shape index (κ3) is 2.35. The summed E-state index contributed by atoms with van der Waals surface area (Å²) < 4.78 is 1.86. The van der Waals surface area contributed by atoms with Crippen LogP contribution in [-0.2, 0) is 0 Å². The van der Waals surface area contributed by atoms with Gasteiger partial charge in [0.25, 0.3) is 5.91 Å². The smallest absolute Gasteiger partial charge is 0.251 e. The number of carbonyl (C=O) groups excluding carboxylic acids is 1. The normalized spacial score (nSPS) is 10.3. The van der Waals surface area contributed by atoms with Crippen LogP contribution in [0.4, 0.5) is 0 Å². The average molecular weight is 276 g/mol. The Morgan fingerprint density at radius 1 is 1.29 bits per heavy atom. The average Bonchev–Trinajstić information content (AvgIpc) is 2.97. The van der Waals surface area contributed by atoms with Crippen molar-refractivity contribution in [2.45, 2.75) is 0 Å². The SMILES string of the molecule is CNC(=O)c1ccc(-c2cn3ccc(C#N)cc3n2)cc1. The number of pyridine rings is 1. The molecule has 0 saturated carbocycles. The number of imidazole rings is 1. The molecule has 0 bridgehead atoms. The Morgan fingerprint density at radius 3 is 2.71 bits per heavy atom. The lowest BCUT2D eigenvalue weighted by Gasteiger charge is -2.00. The highest BCUT2D eigenvalue weighted by atomic mass is 16.1. The highest BCUT2D eigenvalue weighted by Crippen LogP contribution is 2.20. The maximum Gasteiger partial charge on any atom is 0.251 e. The first-order valence-electron chi connectivity index (χ1n) is 6.42. The van der Waals surface area contributed by atoms with Gasteiger partial charge < -0.3 is 9.72 Å². The van der Waals surface area contributed by atoms with Gasteiger partial charge in [-0.15, -0.1) is 0 Å². The highest BCUT2D eigenvalue weighted by molar-refractivity contribution is 5.94. The summed E-state index contributed by atoms with van der Waals surface area (Å²) in [5.74, 6) is -0.116. The first-order chi connectivity index (χ1) is 10.2. The van der Waals surface area contributed by atoms with Gasteiger partial charge in [-0.05, 0) is 24.3 Å². The summed E-state index contributed by atoms with van der Waals surface area (Å²) in [6.45, 7) is 0. The summed E-state index contributed by atoms with van der Waals surface area (Å²) in [6.07, 6.45) is 3.70. The van der Waals surface area contributed by atoms with Gasteiger partial charge in [0, 0.05) is 30.6 Å². The fraction of sp³-hybridized carbons (Fsp3) is 0.0625. The third-order valence-corrected chi connectivity index (χ3v) is 3.26. The van der Waals surface area contributed by atoms with Crippen LogP contribution in [0.25, 0.3) is 16.9 Å². The molecule has 21 heavy (non-hydrogen) atoms. The summed E-state index contributed by atoms with van der Waals surface area (Å²) in [5.41, 5.74) is 3.63. The number of nitrogens with zero attached hydrogens (tertiary/aromatic N) is 3. The zero-order valence-corrected chi connectivity index (χ0v) is 11.4. The number of fused-ring (bicyclic) bond motifs is 1. The highest BCUT2D eigenvalue weighted by Gasteiger charge is 2.07. The second-order valence-corrected chi connectivity index (χ2v) is 4.58. The summed E-state index contributed by atoms with van der Waals surface area (Å²) >= 11 is 0. The number of benzene rings is 1. The van der Waals surface area contributed by atoms with Gasteiger partial charge in [0.15, 0.2) is 0 Å². The van der Waals surface area contributed by atoms with Crippen LogP contribution < -0.4 is 5.32 Å². The molecule has 5 heteroatoms. The van der Waals surface area contributed by atoms with E-state index < -0.39 is 0 Å². The second-order valence-electron chi connectivity index (χ2n) is 4.58. The fourth-order valence-corrected chi connectivity index (χ4v) is 2.13. The van der Waals surface area contributed by atoms with Gasteiger partial charge in [-0.3, -0.25) is 4.79 Å². The molecule has 3 aromatic rings. The van der Waals surface area contributed by atoms with Crippen molar-refractivity contribution in [1.82, 2.24) is 14.7 Å². The minimum absolute atomic E-state index is 0.116. The van der Waals surface area contributed by atoms with Crippen LogP contribution in [0.5, 0.6) is 0 Å². The molecular formula is C16H12N4O. The van der Waals surface area contributed by atoms with E-state index in [4.69, 9.17) is 5.26 Å². The maximum absolute atomic E-state index is 11.5. The molecule has 102 valence electrons. The molecule has 1 N–H and O–H groups in total. The van der Waals surface area contributed by atoms with Gasteiger partial charge in [0.1, 0.15) is 5.65 Å². The predicted octanol–water partition coefficient (Wildman–Crippen LogP) is 2.23. The van der Waals surface area contributed by atoms with E-state index in [1.807, 2.05) is 28.9 Å². The van der Waals surface area contributed by atoms with Crippen LogP contribution in [0, 0.1) is 11.3 Å². The fourth-order valence-electron chi connectivity index (χ4n) is 2.13. The number of carbonyl (C=O) groups is 1. The number of amides is 1. The van der Waals surface area contributed by atoms with Crippen molar-refractivity contribution in [2.24, 2.45) is 0 Å². The molecule has 2 heterocycles. The first-order valence-corrected chi connectivity index (χ1v) is 6.42. The van der Waals surface area contributed by atoms with Gasteiger partial charge >= 0.3 is 0 Å². The molecule has 2 aromatic heterocycles. The van der Waals surface area contributed by atoms with Crippen molar-refractivity contribution in [1.29, 1.82) is 5.26 Å². The molecule has 0 spiro atoms. The lowest BCUT2D eigenvalue weighted by Crippen LogP contribution is -2.17. The van der Waals surface area contributed by atoms with Crippen LogP contribution in [0.1, 0.15) is 15.9 Å². The number of rotatable bonds is 2. The number of hydrogen-bond acceptors (Lipinski definition) is 3. The molecule has 1 amide bonds. The quantitative estimate of drug-likeness (QED) is 0.780. The van der Waals surface area contributed by atoms with Crippen LogP contribution in [-0.4, -0.2) is 22.3 Å². The number of hydrogen-bond donors (Lipinski definition) is 1. The molecule has 0 saturated heterocycles. The van der Waals surface area contributed by atoms with Crippen molar-refractivity contribution in [2.75, 3.05) is 7.05 Å². The Kier molecular flexibility index (Phi) is 3.13. The van der Waals surface area contributed by atoms with E-state index in [0.29, 0.717) is 11.1 Å². The van der Waals surface area contributed by atoms with E-state index in [0.717, 1.165) is 16.9 Å². The van der Waals surface area contributed by atoms with Gasteiger partial charge in [-0.1, -0.05) is 12.1 Å². The van der Waals surface area contributed by atoms with E-state index >= 15 is 0 Å². The van der Waals surface area contributed by atoms with Gasteiger partial charge in [-0.25, -0.2) is 4.98 Å². The first kappa shape index (κ1) is 12.9. The Morgan fingerprint density at radius 2 is 2.05 bits per heavy atom. The monoisotopic (exact) mass is 276 g/mol. The predicted molar refractivity (Wildman–Crippen MR) is 78.7 cm³/mol. The van der Waals surface area contributed by atoms with Crippen molar-refractivity contribution in [3.8, 4) is 17.3 Å². The zero-order valence-electron chi connectivity index (χ0n) is 11.4. The number of aromatic nitrogens is 2.